The van der Waals surface area contributed by atoms with Crippen molar-refractivity contribution in [3.63, 3.8) is 0 Å². The predicted octanol–water partition coefficient (Wildman–Crippen LogP) is 2.14. The second-order valence-electron chi connectivity index (χ2n) is 2.80. The van der Waals surface area contributed by atoms with E-state index in [4.69, 9.17) is 16.3 Å². The average molecular weight is 307 g/mol. The van der Waals surface area contributed by atoms with Gasteiger partial charge in [-0.05, 0) is 6.92 Å². The summed E-state index contributed by atoms with van der Waals surface area (Å²) in [5, 5.41) is 0.257. The Morgan fingerprint density at radius 2 is 2.38 bits per heavy atom. The fourth-order valence-corrected chi connectivity index (χ4v) is 1.39. The molecule has 0 saturated carbocycles. The monoisotopic (exact) mass is 305 g/mol. The number of carbonyl (C=O) groups excluding carboxylic acids is 1. The van der Waals surface area contributed by atoms with E-state index in [1.807, 2.05) is 0 Å². The van der Waals surface area contributed by atoms with Gasteiger partial charge in [0.2, 0.25) is 0 Å². The zero-order valence-corrected chi connectivity index (χ0v) is 10.9. The van der Waals surface area contributed by atoms with Crippen LogP contribution in [0.2, 0.25) is 5.15 Å². The van der Waals surface area contributed by atoms with Crippen LogP contribution in [0.15, 0.2) is 18.6 Å². The standard InChI is InChI=1S/C9H8ClN3O2.BrH/c1-2-15-9(14)6-5-13-4-3-11-7(10)8(13)12-6;/h3-5H,2H2,1H3;1H. The first-order chi connectivity index (χ1) is 7.22. The van der Waals surface area contributed by atoms with Crippen molar-refractivity contribution in [2.75, 3.05) is 6.61 Å². The third-order valence-corrected chi connectivity index (χ3v) is 2.08. The van der Waals surface area contributed by atoms with Crippen molar-refractivity contribution in [3.8, 4) is 0 Å². The molecular weight excluding hydrogens is 297 g/mol. The molecule has 2 rings (SSSR count). The van der Waals surface area contributed by atoms with Gasteiger partial charge < -0.3 is 9.14 Å². The van der Waals surface area contributed by atoms with E-state index in [1.54, 1.807) is 23.7 Å². The van der Waals surface area contributed by atoms with Crippen molar-refractivity contribution >= 4 is 40.2 Å². The average Bonchev–Trinajstić information content (AvgIpc) is 2.63. The Balaban J connectivity index is 0.00000128. The number of esters is 1. The van der Waals surface area contributed by atoms with Crippen molar-refractivity contribution in [2.24, 2.45) is 0 Å². The quantitative estimate of drug-likeness (QED) is 0.798. The topological polar surface area (TPSA) is 56.5 Å². The molecule has 2 aromatic rings. The minimum Gasteiger partial charge on any atom is -0.461 e. The molecule has 0 fully saturated rings. The highest BCUT2D eigenvalue weighted by molar-refractivity contribution is 8.93. The molecule has 0 atom stereocenters. The summed E-state index contributed by atoms with van der Waals surface area (Å²) in [7, 11) is 0. The van der Waals surface area contributed by atoms with E-state index in [2.05, 4.69) is 9.97 Å². The van der Waals surface area contributed by atoms with E-state index in [-0.39, 0.29) is 27.8 Å². The molecule has 0 saturated heterocycles. The molecule has 86 valence electrons. The Labute approximate surface area is 107 Å². The molecule has 0 bridgehead atoms. The minimum absolute atomic E-state index is 0. The summed E-state index contributed by atoms with van der Waals surface area (Å²) >= 11 is 5.81. The smallest absolute Gasteiger partial charge is 0.358 e. The van der Waals surface area contributed by atoms with E-state index >= 15 is 0 Å². The van der Waals surface area contributed by atoms with E-state index in [0.717, 1.165) is 0 Å². The second kappa shape index (κ2) is 5.27. The van der Waals surface area contributed by atoms with Crippen LogP contribution in [0.4, 0.5) is 0 Å². The molecule has 0 radical (unpaired) electrons. The van der Waals surface area contributed by atoms with E-state index in [0.29, 0.717) is 12.3 Å². The summed E-state index contributed by atoms with van der Waals surface area (Å²) < 4.78 is 6.45. The molecule has 0 aliphatic rings. The second-order valence-corrected chi connectivity index (χ2v) is 3.15. The summed E-state index contributed by atoms with van der Waals surface area (Å²) in [6.07, 6.45) is 4.75. The van der Waals surface area contributed by atoms with Crippen LogP contribution in [0.5, 0.6) is 0 Å². The summed E-state index contributed by atoms with van der Waals surface area (Å²) in [6.45, 7) is 2.06. The molecule has 0 amide bonds. The lowest BCUT2D eigenvalue weighted by Crippen LogP contribution is -2.04. The Morgan fingerprint density at radius 3 is 3.00 bits per heavy atom. The molecule has 16 heavy (non-hydrogen) atoms. The largest absolute Gasteiger partial charge is 0.461 e. The number of aromatic nitrogens is 3. The minimum atomic E-state index is -0.461. The first-order valence-electron chi connectivity index (χ1n) is 4.38. The number of ether oxygens (including phenoxy) is 1. The molecule has 2 aromatic heterocycles. The van der Waals surface area contributed by atoms with E-state index < -0.39 is 5.97 Å². The maximum Gasteiger partial charge on any atom is 0.358 e. The van der Waals surface area contributed by atoms with Gasteiger partial charge in [0.25, 0.3) is 0 Å². The lowest BCUT2D eigenvalue weighted by Gasteiger charge is -1.95. The molecule has 7 heteroatoms. The van der Waals surface area contributed by atoms with Crippen LogP contribution in [0.1, 0.15) is 17.4 Å². The van der Waals surface area contributed by atoms with Gasteiger partial charge in [-0.2, -0.15) is 0 Å². The zero-order chi connectivity index (χ0) is 10.8. The maximum atomic E-state index is 11.4. The number of rotatable bonds is 2. The summed E-state index contributed by atoms with van der Waals surface area (Å²) in [4.78, 5) is 19.2. The first kappa shape index (κ1) is 12.9. The van der Waals surface area contributed by atoms with E-state index in [9.17, 15) is 4.79 Å². The highest BCUT2D eigenvalue weighted by Crippen LogP contribution is 2.13. The third kappa shape index (κ3) is 2.33. The van der Waals surface area contributed by atoms with Crippen molar-refractivity contribution in [1.29, 1.82) is 0 Å². The van der Waals surface area contributed by atoms with Crippen molar-refractivity contribution < 1.29 is 9.53 Å². The summed E-state index contributed by atoms with van der Waals surface area (Å²) in [5.41, 5.74) is 0.675. The molecule has 5 nitrogen and oxygen atoms in total. The first-order valence-corrected chi connectivity index (χ1v) is 4.76. The molecule has 0 aliphatic carbocycles. The number of hydrogen-bond donors (Lipinski definition) is 0. The number of imidazole rings is 1. The molecule has 0 spiro atoms. The molecular formula is C9H9BrClN3O2. The van der Waals surface area contributed by atoms with Crippen LogP contribution < -0.4 is 0 Å². The molecule has 0 N–H and O–H groups in total. The summed E-state index contributed by atoms with van der Waals surface area (Å²) in [5.74, 6) is -0.461. The lowest BCUT2D eigenvalue weighted by atomic mass is 10.5. The van der Waals surface area contributed by atoms with Gasteiger partial charge in [-0.3, -0.25) is 0 Å². The third-order valence-electron chi connectivity index (χ3n) is 1.82. The normalized spacial score (nSPS) is 9.88. The van der Waals surface area contributed by atoms with Gasteiger partial charge in [0.05, 0.1) is 6.61 Å². The molecule has 2 heterocycles. The maximum absolute atomic E-state index is 11.4. The summed E-state index contributed by atoms with van der Waals surface area (Å²) in [6, 6.07) is 0. The van der Waals surface area contributed by atoms with Crippen molar-refractivity contribution in [2.45, 2.75) is 6.92 Å². The van der Waals surface area contributed by atoms with Crippen LogP contribution in [-0.2, 0) is 4.74 Å². The molecule has 0 aromatic carbocycles. The number of nitrogens with zero attached hydrogens (tertiary/aromatic N) is 3. The number of fused-ring (bicyclic) bond motifs is 1. The predicted molar refractivity (Wildman–Crippen MR) is 64.3 cm³/mol. The Hall–Kier alpha value is -1.14. The van der Waals surface area contributed by atoms with Crippen LogP contribution >= 0.6 is 28.6 Å². The highest BCUT2D eigenvalue weighted by Gasteiger charge is 2.13. The Kier molecular flexibility index (Phi) is 4.26. The van der Waals surface area contributed by atoms with Crippen LogP contribution in [0.25, 0.3) is 5.65 Å². The molecule has 0 unspecified atom stereocenters. The number of hydrogen-bond acceptors (Lipinski definition) is 4. The SMILES string of the molecule is Br.CCOC(=O)c1cn2ccnc(Cl)c2n1. The number of carbonyl (C=O) groups is 1. The fourth-order valence-electron chi connectivity index (χ4n) is 1.19. The van der Waals surface area contributed by atoms with Gasteiger partial charge in [-0.15, -0.1) is 17.0 Å². The van der Waals surface area contributed by atoms with E-state index in [1.165, 1.54) is 6.20 Å². The Morgan fingerprint density at radius 1 is 1.62 bits per heavy atom. The zero-order valence-electron chi connectivity index (χ0n) is 8.38. The van der Waals surface area contributed by atoms with Crippen LogP contribution in [0.3, 0.4) is 0 Å². The van der Waals surface area contributed by atoms with Gasteiger partial charge in [0.15, 0.2) is 16.5 Å². The van der Waals surface area contributed by atoms with Crippen LogP contribution in [0, 0.1) is 0 Å². The number of halogens is 2. The van der Waals surface area contributed by atoms with Crippen molar-refractivity contribution in [1.82, 2.24) is 14.4 Å². The van der Waals surface area contributed by atoms with Gasteiger partial charge in [0, 0.05) is 18.6 Å². The van der Waals surface area contributed by atoms with Gasteiger partial charge in [-0.25, -0.2) is 14.8 Å². The van der Waals surface area contributed by atoms with Gasteiger partial charge >= 0.3 is 5.97 Å². The Bertz CT molecular complexity index is 514. The van der Waals surface area contributed by atoms with Crippen LogP contribution in [-0.4, -0.2) is 26.9 Å². The lowest BCUT2D eigenvalue weighted by molar-refractivity contribution is 0.0520. The van der Waals surface area contributed by atoms with Crippen molar-refractivity contribution in [3.05, 3.63) is 29.4 Å². The fraction of sp³-hybridized carbons (Fsp3) is 0.222. The van der Waals surface area contributed by atoms with Gasteiger partial charge in [0.1, 0.15) is 0 Å². The highest BCUT2D eigenvalue weighted by atomic mass is 79.9. The van der Waals surface area contributed by atoms with Gasteiger partial charge in [-0.1, -0.05) is 11.6 Å². The molecule has 0 aliphatic heterocycles.